The van der Waals surface area contributed by atoms with Gasteiger partial charge in [0.05, 0.1) is 25.3 Å². The van der Waals surface area contributed by atoms with E-state index >= 15 is 0 Å². The van der Waals surface area contributed by atoms with E-state index in [1.54, 1.807) is 0 Å². The smallest absolute Gasteiger partial charge is 0.391 e. The maximum absolute atomic E-state index is 12.3. The van der Waals surface area contributed by atoms with Gasteiger partial charge in [-0.15, -0.1) is 0 Å². The minimum atomic E-state index is -4.23. The van der Waals surface area contributed by atoms with Gasteiger partial charge in [-0.25, -0.2) is 0 Å². The molecule has 0 spiro atoms. The Bertz CT molecular complexity index is 211. The number of rotatable bonds is 4. The van der Waals surface area contributed by atoms with Gasteiger partial charge in [0.15, 0.2) is 0 Å². The van der Waals surface area contributed by atoms with Crippen LogP contribution in [0.3, 0.4) is 0 Å². The summed E-state index contributed by atoms with van der Waals surface area (Å²) in [4.78, 5) is 1.27. The van der Waals surface area contributed by atoms with Crippen molar-refractivity contribution < 1.29 is 23.0 Å². The topological polar surface area (TPSA) is 32.7 Å². The SMILES string of the molecule is CCCN(CC(F)(F)F)C1COCCC1O. The van der Waals surface area contributed by atoms with Crippen LogP contribution in [0.15, 0.2) is 0 Å². The van der Waals surface area contributed by atoms with Gasteiger partial charge < -0.3 is 9.84 Å². The first-order valence-electron chi connectivity index (χ1n) is 5.50. The molecule has 16 heavy (non-hydrogen) atoms. The summed E-state index contributed by atoms with van der Waals surface area (Å²) in [6, 6.07) is -0.532. The summed E-state index contributed by atoms with van der Waals surface area (Å²) in [5.41, 5.74) is 0. The number of hydrogen-bond donors (Lipinski definition) is 1. The van der Waals surface area contributed by atoms with E-state index in [0.29, 0.717) is 26.0 Å². The molecule has 0 amide bonds. The van der Waals surface area contributed by atoms with Crippen LogP contribution in [0.1, 0.15) is 19.8 Å². The zero-order chi connectivity index (χ0) is 12.2. The third kappa shape index (κ3) is 4.27. The van der Waals surface area contributed by atoms with Crippen LogP contribution in [0, 0.1) is 0 Å². The lowest BCUT2D eigenvalue weighted by molar-refractivity contribution is -0.165. The molecule has 96 valence electrons. The van der Waals surface area contributed by atoms with E-state index in [-0.39, 0.29) is 6.61 Å². The molecule has 1 fully saturated rings. The number of alkyl halides is 3. The lowest BCUT2D eigenvalue weighted by Gasteiger charge is -2.37. The van der Waals surface area contributed by atoms with E-state index in [1.807, 2.05) is 6.92 Å². The highest BCUT2D eigenvalue weighted by Crippen LogP contribution is 2.21. The molecule has 3 nitrogen and oxygen atoms in total. The molecule has 1 aliphatic heterocycles. The number of hydrogen-bond acceptors (Lipinski definition) is 3. The molecule has 2 unspecified atom stereocenters. The van der Waals surface area contributed by atoms with Crippen LogP contribution in [0.2, 0.25) is 0 Å². The van der Waals surface area contributed by atoms with E-state index < -0.39 is 24.9 Å². The molecule has 1 aliphatic rings. The summed E-state index contributed by atoms with van der Waals surface area (Å²) in [6.45, 7) is 1.76. The summed E-state index contributed by atoms with van der Waals surface area (Å²) in [6.07, 6.45) is -3.92. The Kier molecular flexibility index (Phi) is 5.01. The third-order valence-corrected chi connectivity index (χ3v) is 2.65. The molecule has 0 aromatic heterocycles. The second kappa shape index (κ2) is 5.84. The van der Waals surface area contributed by atoms with Crippen molar-refractivity contribution in [1.29, 1.82) is 0 Å². The standard InChI is InChI=1S/C10H18F3NO2/c1-2-4-14(7-10(11,12)13)8-6-16-5-3-9(8)15/h8-9,15H,2-7H2,1H3. The van der Waals surface area contributed by atoms with Crippen LogP contribution < -0.4 is 0 Å². The molecular formula is C10H18F3NO2. The van der Waals surface area contributed by atoms with Crippen LogP contribution in [0.4, 0.5) is 13.2 Å². The highest BCUT2D eigenvalue weighted by atomic mass is 19.4. The van der Waals surface area contributed by atoms with Crippen LogP contribution in [0.25, 0.3) is 0 Å². The number of halogens is 3. The summed E-state index contributed by atoms with van der Waals surface area (Å²) < 4.78 is 42.2. The van der Waals surface area contributed by atoms with Gasteiger partial charge in [-0.2, -0.15) is 13.2 Å². The summed E-state index contributed by atoms with van der Waals surface area (Å²) in [7, 11) is 0. The van der Waals surface area contributed by atoms with E-state index in [0.717, 1.165) is 0 Å². The van der Waals surface area contributed by atoms with Crippen molar-refractivity contribution in [1.82, 2.24) is 4.90 Å². The van der Waals surface area contributed by atoms with Crippen molar-refractivity contribution in [2.24, 2.45) is 0 Å². The zero-order valence-corrected chi connectivity index (χ0v) is 9.33. The molecule has 0 aliphatic carbocycles. The second-order valence-electron chi connectivity index (χ2n) is 4.08. The normalized spacial score (nSPS) is 27.4. The van der Waals surface area contributed by atoms with Gasteiger partial charge >= 0.3 is 6.18 Å². The van der Waals surface area contributed by atoms with Crippen molar-refractivity contribution >= 4 is 0 Å². The minimum absolute atomic E-state index is 0.178. The van der Waals surface area contributed by atoms with Gasteiger partial charge in [0.1, 0.15) is 0 Å². The van der Waals surface area contributed by atoms with Gasteiger partial charge in [0, 0.05) is 6.61 Å². The summed E-state index contributed by atoms with van der Waals surface area (Å²) in [5.74, 6) is 0. The predicted octanol–water partition coefficient (Wildman–Crippen LogP) is 1.41. The summed E-state index contributed by atoms with van der Waals surface area (Å²) >= 11 is 0. The molecule has 0 aromatic rings. The highest BCUT2D eigenvalue weighted by Gasteiger charge is 2.37. The Morgan fingerprint density at radius 3 is 2.62 bits per heavy atom. The fourth-order valence-corrected chi connectivity index (χ4v) is 1.94. The van der Waals surface area contributed by atoms with Crippen molar-refractivity contribution in [3.8, 4) is 0 Å². The van der Waals surface area contributed by atoms with E-state index in [4.69, 9.17) is 4.74 Å². The largest absolute Gasteiger partial charge is 0.401 e. The number of aliphatic hydroxyl groups is 1. The first-order valence-corrected chi connectivity index (χ1v) is 5.50. The van der Waals surface area contributed by atoms with E-state index in [2.05, 4.69) is 0 Å². The molecule has 1 heterocycles. The van der Waals surface area contributed by atoms with Gasteiger partial charge in [-0.05, 0) is 19.4 Å². The van der Waals surface area contributed by atoms with Gasteiger partial charge in [-0.3, -0.25) is 4.90 Å². The fourth-order valence-electron chi connectivity index (χ4n) is 1.94. The molecular weight excluding hydrogens is 223 g/mol. The average molecular weight is 241 g/mol. The maximum atomic E-state index is 12.3. The molecule has 0 saturated carbocycles. The fraction of sp³-hybridized carbons (Fsp3) is 1.00. The van der Waals surface area contributed by atoms with Crippen molar-refractivity contribution in [2.75, 3.05) is 26.3 Å². The molecule has 0 aromatic carbocycles. The third-order valence-electron chi connectivity index (χ3n) is 2.65. The Hall–Kier alpha value is -0.330. The number of aliphatic hydroxyl groups excluding tert-OH is 1. The lowest BCUT2D eigenvalue weighted by Crippen LogP contribution is -2.52. The van der Waals surface area contributed by atoms with Crippen LogP contribution in [0.5, 0.6) is 0 Å². The van der Waals surface area contributed by atoms with Crippen molar-refractivity contribution in [3.05, 3.63) is 0 Å². The van der Waals surface area contributed by atoms with Crippen LogP contribution >= 0.6 is 0 Å². The van der Waals surface area contributed by atoms with E-state index in [9.17, 15) is 18.3 Å². The first kappa shape index (κ1) is 13.7. The lowest BCUT2D eigenvalue weighted by atomic mass is 10.0. The molecule has 1 N–H and O–H groups in total. The molecule has 1 rings (SSSR count). The first-order chi connectivity index (χ1) is 7.44. The van der Waals surface area contributed by atoms with Crippen molar-refractivity contribution in [3.63, 3.8) is 0 Å². The highest BCUT2D eigenvalue weighted by molar-refractivity contribution is 4.83. The van der Waals surface area contributed by atoms with Gasteiger partial charge in [0.25, 0.3) is 0 Å². The predicted molar refractivity (Wildman–Crippen MR) is 53.1 cm³/mol. The number of nitrogens with zero attached hydrogens (tertiary/aromatic N) is 1. The van der Waals surface area contributed by atoms with Crippen molar-refractivity contribution in [2.45, 2.75) is 38.1 Å². The van der Waals surface area contributed by atoms with E-state index in [1.165, 1.54) is 4.90 Å². The molecule has 1 saturated heterocycles. The Morgan fingerprint density at radius 2 is 2.12 bits per heavy atom. The summed E-state index contributed by atoms with van der Waals surface area (Å²) in [5, 5.41) is 9.67. The Balaban J connectivity index is 2.60. The van der Waals surface area contributed by atoms with Gasteiger partial charge in [-0.1, -0.05) is 6.92 Å². The van der Waals surface area contributed by atoms with Crippen LogP contribution in [-0.4, -0.2) is 54.6 Å². The monoisotopic (exact) mass is 241 g/mol. The molecule has 0 radical (unpaired) electrons. The maximum Gasteiger partial charge on any atom is 0.401 e. The van der Waals surface area contributed by atoms with Crippen LogP contribution in [-0.2, 0) is 4.74 Å². The number of ether oxygens (including phenoxy) is 1. The Labute approximate surface area is 93.2 Å². The average Bonchev–Trinajstić information content (AvgIpc) is 2.16. The zero-order valence-electron chi connectivity index (χ0n) is 9.33. The van der Waals surface area contributed by atoms with Gasteiger partial charge in [0.2, 0.25) is 0 Å². The quantitative estimate of drug-likeness (QED) is 0.807. The minimum Gasteiger partial charge on any atom is -0.391 e. The molecule has 2 atom stereocenters. The molecule has 6 heteroatoms. The Morgan fingerprint density at radius 1 is 1.44 bits per heavy atom. The second-order valence-corrected chi connectivity index (χ2v) is 4.08. The molecule has 0 bridgehead atoms.